The Labute approximate surface area is 204 Å². The standard InChI is InChI=1S/C32H36O2/c1-3-5-7-16-26-18-10-13-21-29(26)33-31-24-23-25-15-9-12-20-28(25)32(31)34-30-22-14-11-19-27(30)17-8-6-4-2/h9-15,18-24H,3-8,16-17H2,1-2H3. The maximum atomic E-state index is 6.67. The van der Waals surface area contributed by atoms with Crippen molar-refractivity contribution >= 4 is 10.8 Å². The molecule has 0 saturated heterocycles. The van der Waals surface area contributed by atoms with E-state index in [4.69, 9.17) is 9.47 Å². The summed E-state index contributed by atoms with van der Waals surface area (Å²) in [6, 6.07) is 29.3. The van der Waals surface area contributed by atoms with Crippen molar-refractivity contribution in [1.82, 2.24) is 0 Å². The van der Waals surface area contributed by atoms with Crippen molar-refractivity contribution in [3.05, 3.63) is 96.1 Å². The lowest BCUT2D eigenvalue weighted by Gasteiger charge is -2.18. The molecule has 0 saturated carbocycles. The second-order valence-corrected chi connectivity index (χ2v) is 8.95. The Morgan fingerprint density at radius 3 is 1.71 bits per heavy atom. The van der Waals surface area contributed by atoms with Gasteiger partial charge in [0.15, 0.2) is 11.5 Å². The molecule has 0 aliphatic heterocycles. The molecule has 176 valence electrons. The predicted molar refractivity (Wildman–Crippen MR) is 143 cm³/mol. The van der Waals surface area contributed by atoms with Crippen LogP contribution in [0.5, 0.6) is 23.0 Å². The van der Waals surface area contributed by atoms with Gasteiger partial charge in [-0.15, -0.1) is 0 Å². The van der Waals surface area contributed by atoms with E-state index in [1.165, 1.54) is 49.7 Å². The van der Waals surface area contributed by atoms with Crippen LogP contribution in [0.3, 0.4) is 0 Å². The lowest BCUT2D eigenvalue weighted by Crippen LogP contribution is -1.97. The fourth-order valence-corrected chi connectivity index (χ4v) is 4.39. The molecule has 0 N–H and O–H groups in total. The zero-order valence-electron chi connectivity index (χ0n) is 20.6. The molecule has 4 aromatic rings. The highest BCUT2D eigenvalue weighted by molar-refractivity contribution is 5.91. The first-order valence-electron chi connectivity index (χ1n) is 12.8. The zero-order chi connectivity index (χ0) is 23.6. The fraction of sp³-hybridized carbons (Fsp3) is 0.312. The van der Waals surface area contributed by atoms with Crippen LogP contribution in [0, 0.1) is 0 Å². The molecule has 34 heavy (non-hydrogen) atoms. The molecule has 0 aliphatic carbocycles. The summed E-state index contributed by atoms with van der Waals surface area (Å²) in [6.07, 6.45) is 9.26. The Hall–Kier alpha value is -3.26. The Kier molecular flexibility index (Phi) is 8.62. The smallest absolute Gasteiger partial charge is 0.177 e. The molecule has 0 bridgehead atoms. The van der Waals surface area contributed by atoms with Crippen LogP contribution >= 0.6 is 0 Å². The Bertz CT molecular complexity index is 1190. The number of rotatable bonds is 12. The van der Waals surface area contributed by atoms with Crippen LogP contribution < -0.4 is 9.47 Å². The number of unbranched alkanes of at least 4 members (excludes halogenated alkanes) is 4. The van der Waals surface area contributed by atoms with Gasteiger partial charge < -0.3 is 9.47 Å². The lowest BCUT2D eigenvalue weighted by molar-refractivity contribution is 0.417. The summed E-state index contributed by atoms with van der Waals surface area (Å²) >= 11 is 0. The number of hydrogen-bond acceptors (Lipinski definition) is 2. The molecule has 0 heterocycles. The van der Waals surface area contributed by atoms with Gasteiger partial charge >= 0.3 is 0 Å². The third-order valence-corrected chi connectivity index (χ3v) is 6.32. The molecule has 0 fully saturated rings. The summed E-state index contributed by atoms with van der Waals surface area (Å²) in [4.78, 5) is 0. The average Bonchev–Trinajstić information content (AvgIpc) is 2.87. The van der Waals surface area contributed by atoms with E-state index in [2.05, 4.69) is 80.6 Å². The van der Waals surface area contributed by atoms with Gasteiger partial charge in [-0.3, -0.25) is 0 Å². The summed E-state index contributed by atoms with van der Waals surface area (Å²) in [5, 5.41) is 2.20. The molecule has 0 radical (unpaired) electrons. The van der Waals surface area contributed by atoms with Crippen LogP contribution in [0.2, 0.25) is 0 Å². The van der Waals surface area contributed by atoms with Crippen molar-refractivity contribution in [1.29, 1.82) is 0 Å². The van der Waals surface area contributed by atoms with Crippen LogP contribution in [0.4, 0.5) is 0 Å². The molecule has 4 aromatic carbocycles. The minimum atomic E-state index is 0.755. The molecule has 0 atom stereocenters. The quantitative estimate of drug-likeness (QED) is 0.199. The van der Waals surface area contributed by atoms with Gasteiger partial charge in [-0.1, -0.05) is 106 Å². The third-order valence-electron chi connectivity index (χ3n) is 6.32. The molecule has 0 spiro atoms. The first-order valence-corrected chi connectivity index (χ1v) is 12.8. The highest BCUT2D eigenvalue weighted by Gasteiger charge is 2.15. The highest BCUT2D eigenvalue weighted by Crippen LogP contribution is 2.42. The van der Waals surface area contributed by atoms with E-state index in [9.17, 15) is 0 Å². The first kappa shape index (κ1) is 23.9. The number of hydrogen-bond donors (Lipinski definition) is 0. The lowest BCUT2D eigenvalue weighted by atomic mass is 10.1. The van der Waals surface area contributed by atoms with Gasteiger partial charge in [0.2, 0.25) is 0 Å². The van der Waals surface area contributed by atoms with E-state index >= 15 is 0 Å². The number of aryl methyl sites for hydroxylation is 2. The van der Waals surface area contributed by atoms with Crippen molar-refractivity contribution in [2.45, 2.75) is 65.2 Å². The van der Waals surface area contributed by atoms with Gasteiger partial charge in [0.1, 0.15) is 11.5 Å². The summed E-state index contributed by atoms with van der Waals surface area (Å²) in [7, 11) is 0. The normalized spacial score (nSPS) is 11.0. The topological polar surface area (TPSA) is 18.5 Å². The Morgan fingerprint density at radius 1 is 0.500 bits per heavy atom. The van der Waals surface area contributed by atoms with Gasteiger partial charge in [-0.2, -0.15) is 0 Å². The summed E-state index contributed by atoms with van der Waals surface area (Å²) in [5.74, 6) is 3.36. The fourth-order valence-electron chi connectivity index (χ4n) is 4.39. The van der Waals surface area contributed by atoms with Crippen LogP contribution in [-0.4, -0.2) is 0 Å². The van der Waals surface area contributed by atoms with Gasteiger partial charge in [0.05, 0.1) is 0 Å². The number of benzene rings is 4. The van der Waals surface area contributed by atoms with Crippen molar-refractivity contribution in [3.63, 3.8) is 0 Å². The van der Waals surface area contributed by atoms with Crippen molar-refractivity contribution in [2.24, 2.45) is 0 Å². The van der Waals surface area contributed by atoms with Crippen molar-refractivity contribution < 1.29 is 9.47 Å². The minimum Gasteiger partial charge on any atom is -0.453 e. The number of ether oxygens (including phenoxy) is 2. The van der Waals surface area contributed by atoms with Crippen molar-refractivity contribution in [2.75, 3.05) is 0 Å². The molecule has 2 nitrogen and oxygen atoms in total. The summed E-state index contributed by atoms with van der Waals surface area (Å²) in [5.41, 5.74) is 2.49. The predicted octanol–water partition coefficient (Wildman–Crippen LogP) is 9.89. The maximum Gasteiger partial charge on any atom is 0.177 e. The molecule has 0 aromatic heterocycles. The molecule has 0 unspecified atom stereocenters. The largest absolute Gasteiger partial charge is 0.453 e. The number of fused-ring (bicyclic) bond motifs is 1. The van der Waals surface area contributed by atoms with Gasteiger partial charge in [0.25, 0.3) is 0 Å². The molecule has 2 heteroatoms. The average molecular weight is 453 g/mol. The van der Waals surface area contributed by atoms with Crippen LogP contribution in [0.25, 0.3) is 10.8 Å². The Morgan fingerprint density at radius 2 is 1.06 bits per heavy atom. The van der Waals surface area contributed by atoms with Crippen LogP contribution in [0.15, 0.2) is 84.9 Å². The van der Waals surface area contributed by atoms with E-state index in [0.29, 0.717) is 0 Å². The van der Waals surface area contributed by atoms with Gasteiger partial charge in [0, 0.05) is 5.39 Å². The first-order chi connectivity index (χ1) is 16.8. The monoisotopic (exact) mass is 452 g/mol. The van der Waals surface area contributed by atoms with E-state index in [1.807, 2.05) is 18.2 Å². The second kappa shape index (κ2) is 12.3. The van der Waals surface area contributed by atoms with Gasteiger partial charge in [-0.25, -0.2) is 0 Å². The zero-order valence-corrected chi connectivity index (χ0v) is 20.6. The third kappa shape index (κ3) is 5.99. The maximum absolute atomic E-state index is 6.67. The van der Waals surface area contributed by atoms with E-state index in [1.54, 1.807) is 0 Å². The highest BCUT2D eigenvalue weighted by atomic mass is 16.5. The summed E-state index contributed by atoms with van der Waals surface area (Å²) in [6.45, 7) is 4.48. The van der Waals surface area contributed by atoms with Crippen LogP contribution in [-0.2, 0) is 12.8 Å². The minimum absolute atomic E-state index is 0.755. The molecular formula is C32H36O2. The SMILES string of the molecule is CCCCCc1ccccc1Oc1ccc2ccccc2c1Oc1ccccc1CCCCC. The van der Waals surface area contributed by atoms with Crippen LogP contribution in [0.1, 0.15) is 63.5 Å². The van der Waals surface area contributed by atoms with Crippen molar-refractivity contribution in [3.8, 4) is 23.0 Å². The molecule has 0 amide bonds. The number of para-hydroxylation sites is 2. The van der Waals surface area contributed by atoms with Gasteiger partial charge in [-0.05, 0) is 60.4 Å². The second-order valence-electron chi connectivity index (χ2n) is 8.95. The molecule has 0 aliphatic rings. The van der Waals surface area contributed by atoms with E-state index in [0.717, 1.165) is 46.6 Å². The summed E-state index contributed by atoms with van der Waals surface area (Å²) < 4.78 is 13.2. The van der Waals surface area contributed by atoms with E-state index in [-0.39, 0.29) is 0 Å². The Balaban J connectivity index is 1.70. The van der Waals surface area contributed by atoms with E-state index < -0.39 is 0 Å². The molecular weight excluding hydrogens is 416 g/mol. The molecule has 4 rings (SSSR count).